The molecule has 1 nitrogen and oxygen atoms in total. The average molecular weight is 518 g/mol. The zero-order chi connectivity index (χ0) is 23.4. The van der Waals surface area contributed by atoms with Crippen LogP contribution < -0.4 is 0 Å². The van der Waals surface area contributed by atoms with Crippen LogP contribution in [-0.4, -0.2) is 9.92 Å². The Kier molecular flexibility index (Phi) is 25.2. The van der Waals surface area contributed by atoms with Gasteiger partial charge >= 0.3 is 24.8 Å². The quantitative estimate of drug-likeness (QED) is 0.236. The van der Waals surface area contributed by atoms with Crippen LogP contribution in [-0.2, 0) is 25.4 Å². The maximum Gasteiger partial charge on any atom is -0.171 e. The van der Waals surface area contributed by atoms with Crippen LogP contribution in [0.4, 0.5) is 0 Å². The third-order valence-electron chi connectivity index (χ3n) is 3.73. The van der Waals surface area contributed by atoms with E-state index in [0.717, 1.165) is 12.0 Å². The Balaban J connectivity index is -0.000000368. The molecule has 4 rings (SSSR count). The minimum absolute atomic E-state index is 0. The van der Waals surface area contributed by atoms with Crippen molar-refractivity contribution >= 4 is 29.6 Å². The first-order valence-electron chi connectivity index (χ1n) is 10.1. The first-order chi connectivity index (χ1) is 14.9. The van der Waals surface area contributed by atoms with E-state index < -0.39 is 0 Å². The Labute approximate surface area is 225 Å². The van der Waals surface area contributed by atoms with Crippen molar-refractivity contribution < 1.29 is 25.1 Å². The minimum Gasteiger partial charge on any atom is -0.184 e. The summed E-state index contributed by atoms with van der Waals surface area (Å²) in [4.78, 5) is 3.25. The molecular weight excluding hydrogens is 483 g/mol. The van der Waals surface area contributed by atoms with Gasteiger partial charge in [-0.15, -0.1) is 31.2 Å². The van der Waals surface area contributed by atoms with Crippen LogP contribution in [0.25, 0.3) is 0 Å². The Bertz CT molecular complexity index is 743. The summed E-state index contributed by atoms with van der Waals surface area (Å²) >= 11 is 1.75. The second kappa shape index (κ2) is 23.3. The molecular formula is C29H35Cl2OTi-3. The fraction of sp³-hybridized carbons (Fsp3) is 0.207. The molecule has 4 heteroatoms. The van der Waals surface area contributed by atoms with Crippen molar-refractivity contribution in [3.8, 4) is 5.75 Å². The number of allylic oxidation sites excluding steroid dienone is 4. The number of aromatic hydroxyl groups is 1. The third-order valence-corrected chi connectivity index (χ3v) is 3.73. The fourth-order valence-corrected chi connectivity index (χ4v) is 2.22. The number of aryl methyl sites for hydroxylation is 1. The standard InChI is InChI=1S/C11H16O.2C6H5.C5H5.CH2.2ClH.Ti/c1-8-5-9(11(2,3)4)7-10(12)6-8;2*1-2-4-6-5-3-1;1-2-4-5-3-1;;;;/h5-7,12H,1-4H3;2*1-5H;1-3H,4H2;1H2;2*1H;/q;3*-1;;;;. The zero-order valence-corrected chi connectivity index (χ0v) is 23.1. The van der Waals surface area contributed by atoms with Gasteiger partial charge in [0.05, 0.1) is 0 Å². The molecule has 0 spiro atoms. The summed E-state index contributed by atoms with van der Waals surface area (Å²) in [6.07, 6.45) is 10.0. The molecule has 0 atom stereocenters. The van der Waals surface area contributed by atoms with Crippen LogP contribution in [0.1, 0.15) is 38.3 Å². The minimum atomic E-state index is 0. The predicted molar refractivity (Wildman–Crippen MR) is 145 cm³/mol. The molecule has 1 aliphatic rings. The third kappa shape index (κ3) is 21.7. The summed E-state index contributed by atoms with van der Waals surface area (Å²) in [6.45, 7) is 8.42. The predicted octanol–water partition coefficient (Wildman–Crippen LogP) is 8.09. The van der Waals surface area contributed by atoms with Gasteiger partial charge in [0.25, 0.3) is 0 Å². The molecule has 0 aliphatic heterocycles. The summed E-state index contributed by atoms with van der Waals surface area (Å²) in [6, 6.07) is 30.7. The summed E-state index contributed by atoms with van der Waals surface area (Å²) in [7, 11) is 0. The number of hydrogen-bond acceptors (Lipinski definition) is 1. The molecule has 0 unspecified atom stereocenters. The normalized spacial score (nSPS) is 9.91. The van der Waals surface area contributed by atoms with Crippen molar-refractivity contribution in [1.82, 2.24) is 0 Å². The largest absolute Gasteiger partial charge is 0.184 e. The molecule has 178 valence electrons. The van der Waals surface area contributed by atoms with Crippen LogP contribution in [0, 0.1) is 25.1 Å². The first kappa shape index (κ1) is 35.7. The Hall–Kier alpha value is -1.90. The van der Waals surface area contributed by atoms with E-state index in [1.807, 2.05) is 85.8 Å². The van der Waals surface area contributed by atoms with Crippen LogP contribution >= 0.6 is 24.8 Å². The summed E-state index contributed by atoms with van der Waals surface area (Å²) < 4.78 is 0. The fourth-order valence-electron chi connectivity index (χ4n) is 2.22. The monoisotopic (exact) mass is 517 g/mol. The first-order valence-corrected chi connectivity index (χ1v) is 11.2. The SMILES string of the molecule is Cc1cc(O)cc(C(C)(C)C)c1.Cl.Cl.[C-]1=CC=CC1.[CH2]=[Ti].[c-]1ccccc1.[c-]1ccccc1. The van der Waals surface area contributed by atoms with Gasteiger partial charge in [0.2, 0.25) is 0 Å². The van der Waals surface area contributed by atoms with E-state index in [0.29, 0.717) is 5.75 Å². The number of phenolic OH excluding ortho intramolecular Hbond substituents is 1. The zero-order valence-electron chi connectivity index (χ0n) is 19.9. The molecule has 3 aromatic rings. The Morgan fingerprint density at radius 2 is 1.30 bits per heavy atom. The van der Waals surface area contributed by atoms with Crippen molar-refractivity contribution in [3.05, 3.63) is 126 Å². The number of benzene rings is 3. The maximum absolute atomic E-state index is 9.36. The smallest absolute Gasteiger partial charge is 0.171 e. The molecule has 1 aliphatic carbocycles. The van der Waals surface area contributed by atoms with Gasteiger partial charge in [-0.05, 0) is 35.6 Å². The molecule has 0 saturated heterocycles. The van der Waals surface area contributed by atoms with Gasteiger partial charge < -0.3 is 5.11 Å². The van der Waals surface area contributed by atoms with E-state index in [1.54, 1.807) is 26.0 Å². The van der Waals surface area contributed by atoms with Crippen molar-refractivity contribution in [2.24, 2.45) is 0 Å². The van der Waals surface area contributed by atoms with Crippen molar-refractivity contribution in [1.29, 1.82) is 0 Å². The van der Waals surface area contributed by atoms with Gasteiger partial charge in [-0.1, -0.05) is 26.8 Å². The second-order valence-corrected chi connectivity index (χ2v) is 7.47. The van der Waals surface area contributed by atoms with E-state index in [-0.39, 0.29) is 30.2 Å². The molecule has 33 heavy (non-hydrogen) atoms. The van der Waals surface area contributed by atoms with Gasteiger partial charge in [-0.25, -0.2) is 12.2 Å². The summed E-state index contributed by atoms with van der Waals surface area (Å²) in [5, 5.41) is 9.36. The van der Waals surface area contributed by atoms with Crippen molar-refractivity contribution in [2.75, 3.05) is 0 Å². The number of hydrogen-bond donors (Lipinski definition) is 1. The molecule has 0 radical (unpaired) electrons. The van der Waals surface area contributed by atoms with Crippen molar-refractivity contribution in [3.63, 3.8) is 0 Å². The second-order valence-electron chi connectivity index (χ2n) is 7.47. The van der Waals surface area contributed by atoms with Crippen LogP contribution in [0.3, 0.4) is 0 Å². The number of phenols is 1. The van der Waals surface area contributed by atoms with E-state index in [4.69, 9.17) is 0 Å². The maximum atomic E-state index is 9.36. The van der Waals surface area contributed by atoms with E-state index in [1.165, 1.54) is 5.56 Å². The number of halogens is 2. The Morgan fingerprint density at radius 3 is 1.52 bits per heavy atom. The van der Waals surface area contributed by atoms with Gasteiger partial charge in [0.15, 0.2) is 0 Å². The molecule has 0 amide bonds. The van der Waals surface area contributed by atoms with Crippen LogP contribution in [0.5, 0.6) is 5.75 Å². The number of rotatable bonds is 0. The van der Waals surface area contributed by atoms with Crippen LogP contribution in [0.2, 0.25) is 0 Å². The van der Waals surface area contributed by atoms with E-state index in [9.17, 15) is 5.11 Å². The molecule has 0 heterocycles. The average Bonchev–Trinajstić information content (AvgIpc) is 3.38. The van der Waals surface area contributed by atoms with Gasteiger partial charge in [-0.2, -0.15) is 78.9 Å². The molecule has 0 aromatic heterocycles. The summed E-state index contributed by atoms with van der Waals surface area (Å²) in [5.74, 6) is 0.361. The van der Waals surface area contributed by atoms with E-state index in [2.05, 4.69) is 55.9 Å². The van der Waals surface area contributed by atoms with Gasteiger partial charge in [-0.3, -0.25) is 6.08 Å². The van der Waals surface area contributed by atoms with Crippen LogP contribution in [0.15, 0.2) is 97.1 Å². The molecule has 0 fully saturated rings. The Morgan fingerprint density at radius 1 is 0.818 bits per heavy atom. The topological polar surface area (TPSA) is 20.2 Å². The van der Waals surface area contributed by atoms with Gasteiger partial charge in [0, 0.05) is 0 Å². The van der Waals surface area contributed by atoms with E-state index >= 15 is 0 Å². The molecule has 0 saturated carbocycles. The molecule has 1 N–H and O–H groups in total. The van der Waals surface area contributed by atoms with Crippen molar-refractivity contribution in [2.45, 2.75) is 39.5 Å². The summed E-state index contributed by atoms with van der Waals surface area (Å²) in [5.41, 5.74) is 2.41. The molecule has 0 bridgehead atoms. The van der Waals surface area contributed by atoms with Gasteiger partial charge in [0.1, 0.15) is 5.75 Å². The molecule has 3 aromatic carbocycles.